The third-order valence-corrected chi connectivity index (χ3v) is 1.27. The molecule has 0 spiro atoms. The lowest BCUT2D eigenvalue weighted by Gasteiger charge is -2.05. The SMILES string of the molecule is CC(C)=CC(=O)NP(N)(N)=O. The van der Waals surface area contributed by atoms with Gasteiger partial charge in [0.2, 0.25) is 0 Å². The van der Waals surface area contributed by atoms with Gasteiger partial charge in [0.25, 0.3) is 5.91 Å². The van der Waals surface area contributed by atoms with Crippen LogP contribution in [-0.2, 0) is 9.36 Å². The summed E-state index contributed by atoms with van der Waals surface area (Å²) in [7, 11) is -3.42. The summed E-state index contributed by atoms with van der Waals surface area (Å²) in [5.41, 5.74) is 10.6. The van der Waals surface area contributed by atoms with Crippen LogP contribution in [0, 0.1) is 0 Å². The first-order valence-corrected chi connectivity index (χ1v) is 4.80. The summed E-state index contributed by atoms with van der Waals surface area (Å²) in [5.74, 6) is -0.529. The molecule has 0 aliphatic heterocycles. The average molecular weight is 177 g/mol. The molecule has 0 heterocycles. The quantitative estimate of drug-likeness (QED) is 0.411. The first kappa shape index (κ1) is 10.4. The summed E-state index contributed by atoms with van der Waals surface area (Å²) in [6.07, 6.45) is 1.27. The van der Waals surface area contributed by atoms with E-state index in [9.17, 15) is 9.36 Å². The van der Waals surface area contributed by atoms with Gasteiger partial charge >= 0.3 is 7.59 Å². The zero-order valence-electron chi connectivity index (χ0n) is 6.50. The highest BCUT2D eigenvalue weighted by molar-refractivity contribution is 7.57. The van der Waals surface area contributed by atoms with Crippen LogP contribution in [0.25, 0.3) is 0 Å². The summed E-state index contributed by atoms with van der Waals surface area (Å²) < 4.78 is 10.6. The van der Waals surface area contributed by atoms with Gasteiger partial charge in [-0.15, -0.1) is 0 Å². The number of allylic oxidation sites excluding steroid dienone is 1. The molecule has 64 valence electrons. The van der Waals surface area contributed by atoms with Gasteiger partial charge in [-0.05, 0) is 13.8 Å². The van der Waals surface area contributed by atoms with Crippen LogP contribution < -0.4 is 16.1 Å². The van der Waals surface area contributed by atoms with Crippen molar-refractivity contribution in [2.45, 2.75) is 13.8 Å². The number of nitrogens with two attached hydrogens (primary N) is 2. The van der Waals surface area contributed by atoms with Gasteiger partial charge in [0.1, 0.15) is 0 Å². The maximum atomic E-state index is 10.7. The number of carbonyl (C=O) groups excluding carboxylic acids is 1. The Balaban J connectivity index is 4.12. The van der Waals surface area contributed by atoms with E-state index in [0.717, 1.165) is 5.57 Å². The predicted molar refractivity (Wildman–Crippen MR) is 43.6 cm³/mol. The minimum atomic E-state index is -3.42. The molecule has 1 amide bonds. The van der Waals surface area contributed by atoms with Crippen LogP contribution >= 0.6 is 7.59 Å². The molecule has 0 aromatic rings. The number of hydrogen-bond donors (Lipinski definition) is 3. The van der Waals surface area contributed by atoms with Crippen molar-refractivity contribution in [3.8, 4) is 0 Å². The number of amides is 1. The summed E-state index contributed by atoms with van der Waals surface area (Å²) in [6, 6.07) is 0. The number of nitrogens with one attached hydrogen (secondary N) is 1. The Labute approximate surface area is 65.4 Å². The van der Waals surface area contributed by atoms with E-state index in [0.29, 0.717) is 0 Å². The Hall–Kier alpha value is -0.640. The molecule has 0 aromatic carbocycles. The van der Waals surface area contributed by atoms with E-state index in [4.69, 9.17) is 11.0 Å². The van der Waals surface area contributed by atoms with Crippen LogP contribution in [0.4, 0.5) is 0 Å². The van der Waals surface area contributed by atoms with Crippen molar-refractivity contribution in [2.75, 3.05) is 0 Å². The summed E-state index contributed by atoms with van der Waals surface area (Å²) in [5, 5.41) is 1.95. The normalized spacial score (nSPS) is 10.5. The van der Waals surface area contributed by atoms with Gasteiger partial charge in [-0.25, -0.2) is 0 Å². The zero-order chi connectivity index (χ0) is 9.07. The van der Waals surface area contributed by atoms with Crippen molar-refractivity contribution in [2.24, 2.45) is 11.0 Å². The van der Waals surface area contributed by atoms with E-state index in [1.165, 1.54) is 6.08 Å². The van der Waals surface area contributed by atoms with Crippen LogP contribution in [0.2, 0.25) is 0 Å². The van der Waals surface area contributed by atoms with Gasteiger partial charge in [0.15, 0.2) is 0 Å². The molecule has 6 heteroatoms. The van der Waals surface area contributed by atoms with E-state index >= 15 is 0 Å². The molecule has 0 bridgehead atoms. The van der Waals surface area contributed by atoms with Crippen LogP contribution in [0.5, 0.6) is 0 Å². The Morgan fingerprint density at radius 3 is 2.18 bits per heavy atom. The minimum Gasteiger partial charge on any atom is -0.280 e. The maximum Gasteiger partial charge on any atom is 0.300 e. The molecule has 0 atom stereocenters. The molecule has 0 aliphatic rings. The van der Waals surface area contributed by atoms with Crippen LogP contribution in [-0.4, -0.2) is 5.91 Å². The standard InChI is InChI=1S/C5H12N3O2P/c1-4(2)3-5(9)8-11(6,7)10/h3H,1-2H3,(H5,6,7,8,9,10). The van der Waals surface area contributed by atoms with Gasteiger partial charge in [-0.2, -0.15) is 0 Å². The molecule has 0 aromatic heterocycles. The van der Waals surface area contributed by atoms with E-state index in [-0.39, 0.29) is 0 Å². The van der Waals surface area contributed by atoms with Gasteiger partial charge in [0.05, 0.1) is 0 Å². The monoisotopic (exact) mass is 177 g/mol. The lowest BCUT2D eigenvalue weighted by molar-refractivity contribution is -0.114. The largest absolute Gasteiger partial charge is 0.300 e. The highest BCUT2D eigenvalue weighted by Crippen LogP contribution is 2.16. The van der Waals surface area contributed by atoms with Gasteiger partial charge < -0.3 is 0 Å². The lowest BCUT2D eigenvalue weighted by Crippen LogP contribution is -2.26. The molecule has 11 heavy (non-hydrogen) atoms. The average Bonchev–Trinajstić information content (AvgIpc) is 1.53. The molecule has 0 aliphatic carbocycles. The predicted octanol–water partition coefficient (Wildman–Crippen LogP) is 0.0943. The molecular formula is C5H12N3O2P. The van der Waals surface area contributed by atoms with Crippen molar-refractivity contribution in [3.63, 3.8) is 0 Å². The molecule has 0 saturated carbocycles. The van der Waals surface area contributed by atoms with Crippen molar-refractivity contribution >= 4 is 13.5 Å². The zero-order valence-corrected chi connectivity index (χ0v) is 7.39. The van der Waals surface area contributed by atoms with Crippen molar-refractivity contribution in [1.82, 2.24) is 5.09 Å². The molecule has 0 fully saturated rings. The molecule has 0 rings (SSSR count). The second kappa shape index (κ2) is 3.67. The first-order chi connectivity index (χ1) is 4.81. The second-order valence-corrected chi connectivity index (χ2v) is 4.05. The number of carbonyl (C=O) groups is 1. The van der Waals surface area contributed by atoms with E-state index in [2.05, 4.69) is 0 Å². The topological polar surface area (TPSA) is 98.2 Å². The first-order valence-electron chi connectivity index (χ1n) is 2.95. The maximum absolute atomic E-state index is 10.7. The Kier molecular flexibility index (Phi) is 3.45. The second-order valence-electron chi connectivity index (χ2n) is 2.41. The summed E-state index contributed by atoms with van der Waals surface area (Å²) in [4.78, 5) is 10.7. The van der Waals surface area contributed by atoms with Crippen molar-refractivity contribution in [3.05, 3.63) is 11.6 Å². The summed E-state index contributed by atoms with van der Waals surface area (Å²) in [6.45, 7) is 3.47. The van der Waals surface area contributed by atoms with Crippen molar-refractivity contribution < 1.29 is 9.36 Å². The molecular weight excluding hydrogens is 165 g/mol. The van der Waals surface area contributed by atoms with E-state index in [1.54, 1.807) is 13.8 Å². The molecule has 0 radical (unpaired) electrons. The molecule has 0 saturated heterocycles. The van der Waals surface area contributed by atoms with Gasteiger partial charge in [-0.1, -0.05) is 5.57 Å². The Bertz CT molecular complexity index is 226. The van der Waals surface area contributed by atoms with Crippen LogP contribution in [0.15, 0.2) is 11.6 Å². The van der Waals surface area contributed by atoms with Gasteiger partial charge in [-0.3, -0.25) is 25.5 Å². The third-order valence-electron chi connectivity index (χ3n) is 0.705. The number of hydrogen-bond acceptors (Lipinski definition) is 2. The van der Waals surface area contributed by atoms with E-state index < -0.39 is 13.5 Å². The fourth-order valence-electron chi connectivity index (χ4n) is 0.467. The molecule has 5 N–H and O–H groups in total. The Morgan fingerprint density at radius 1 is 1.45 bits per heavy atom. The van der Waals surface area contributed by atoms with Crippen molar-refractivity contribution in [1.29, 1.82) is 0 Å². The van der Waals surface area contributed by atoms with E-state index in [1.807, 2.05) is 5.09 Å². The molecule has 5 nitrogen and oxygen atoms in total. The third kappa shape index (κ3) is 7.25. The smallest absolute Gasteiger partial charge is 0.280 e. The fraction of sp³-hybridized carbons (Fsp3) is 0.400. The molecule has 0 unspecified atom stereocenters. The highest BCUT2D eigenvalue weighted by Gasteiger charge is 2.09. The fourth-order valence-corrected chi connectivity index (χ4v) is 0.876. The van der Waals surface area contributed by atoms with Crippen LogP contribution in [0.3, 0.4) is 0 Å². The summed E-state index contributed by atoms with van der Waals surface area (Å²) >= 11 is 0. The Morgan fingerprint density at radius 2 is 1.91 bits per heavy atom. The minimum absolute atomic E-state index is 0.529. The van der Waals surface area contributed by atoms with Gasteiger partial charge in [0, 0.05) is 6.08 Å². The lowest BCUT2D eigenvalue weighted by atomic mass is 10.3. The highest BCUT2D eigenvalue weighted by atomic mass is 31.2. The number of rotatable bonds is 2. The van der Waals surface area contributed by atoms with Crippen LogP contribution in [0.1, 0.15) is 13.8 Å².